The summed E-state index contributed by atoms with van der Waals surface area (Å²) in [5, 5.41) is 0. The fraction of sp³-hybridized carbons (Fsp3) is 0.476. The van der Waals surface area contributed by atoms with Gasteiger partial charge in [-0.1, -0.05) is 18.2 Å². The summed E-state index contributed by atoms with van der Waals surface area (Å²) in [6.45, 7) is 7.23. The third-order valence-electron chi connectivity index (χ3n) is 5.60. The molecular weight excluding hydrogens is 326 g/mol. The Morgan fingerprint density at radius 1 is 1.08 bits per heavy atom. The Labute approximate surface area is 154 Å². The number of carbonyl (C=O) groups excluding carboxylic acids is 1. The molecule has 3 heterocycles. The summed E-state index contributed by atoms with van der Waals surface area (Å²) in [6, 6.07) is 11.1. The third-order valence-corrected chi connectivity index (χ3v) is 5.60. The molecule has 4 rings (SSSR count). The number of benzene rings is 1. The third kappa shape index (κ3) is 3.55. The molecule has 0 spiro atoms. The molecule has 0 unspecified atom stereocenters. The van der Waals surface area contributed by atoms with E-state index in [4.69, 9.17) is 4.74 Å². The van der Waals surface area contributed by atoms with Crippen molar-refractivity contribution >= 4 is 5.91 Å². The van der Waals surface area contributed by atoms with Crippen LogP contribution in [0.5, 0.6) is 0 Å². The van der Waals surface area contributed by atoms with Crippen LogP contribution in [0.2, 0.25) is 0 Å². The zero-order valence-corrected chi connectivity index (χ0v) is 15.4. The fourth-order valence-electron chi connectivity index (χ4n) is 3.94. The second-order valence-corrected chi connectivity index (χ2v) is 7.25. The van der Waals surface area contributed by atoms with Crippen LogP contribution in [-0.4, -0.2) is 60.1 Å². The van der Waals surface area contributed by atoms with Crippen LogP contribution in [-0.2, 0) is 4.74 Å². The fourth-order valence-corrected chi connectivity index (χ4v) is 3.94. The first-order valence-electron chi connectivity index (χ1n) is 9.62. The first kappa shape index (κ1) is 17.3. The molecular formula is C21H27N3O2. The van der Waals surface area contributed by atoms with Crippen LogP contribution in [0.15, 0.2) is 36.5 Å². The van der Waals surface area contributed by atoms with Crippen molar-refractivity contribution in [2.75, 3.05) is 39.4 Å². The second-order valence-electron chi connectivity index (χ2n) is 7.25. The van der Waals surface area contributed by atoms with Crippen LogP contribution in [0.1, 0.15) is 41.9 Å². The molecule has 138 valence electrons. The minimum atomic E-state index is 0.0566. The summed E-state index contributed by atoms with van der Waals surface area (Å²) in [4.78, 5) is 20.2. The van der Waals surface area contributed by atoms with E-state index in [1.54, 1.807) is 0 Å². The number of ether oxygens (including phenoxy) is 1. The molecule has 1 N–H and O–H groups in total. The Bertz CT molecular complexity index is 758. The van der Waals surface area contributed by atoms with E-state index >= 15 is 0 Å². The van der Waals surface area contributed by atoms with Crippen molar-refractivity contribution in [1.82, 2.24) is 14.8 Å². The number of rotatable bonds is 4. The van der Waals surface area contributed by atoms with Gasteiger partial charge in [0.1, 0.15) is 5.69 Å². The maximum Gasteiger partial charge on any atom is 0.270 e. The first-order valence-corrected chi connectivity index (χ1v) is 9.62. The smallest absolute Gasteiger partial charge is 0.270 e. The number of aromatic amines is 1. The zero-order chi connectivity index (χ0) is 17.9. The highest BCUT2D eigenvalue weighted by molar-refractivity contribution is 5.94. The van der Waals surface area contributed by atoms with E-state index in [1.807, 2.05) is 17.2 Å². The van der Waals surface area contributed by atoms with Crippen molar-refractivity contribution < 1.29 is 9.53 Å². The van der Waals surface area contributed by atoms with E-state index in [1.165, 1.54) is 31.5 Å². The Kier molecular flexibility index (Phi) is 5.09. The van der Waals surface area contributed by atoms with Crippen LogP contribution in [0, 0.1) is 0 Å². The SMILES string of the molecule is C[C@@H](c1cccc(-c2c[nH]c(C(=O)N3CCOCC3)c2)c1)N1CCCC1. The average molecular weight is 353 g/mol. The maximum absolute atomic E-state index is 12.6. The van der Waals surface area contributed by atoms with Gasteiger partial charge in [0.25, 0.3) is 5.91 Å². The highest BCUT2D eigenvalue weighted by Crippen LogP contribution is 2.28. The minimum absolute atomic E-state index is 0.0566. The normalized spacial score (nSPS) is 19.7. The van der Waals surface area contributed by atoms with Crippen molar-refractivity contribution in [1.29, 1.82) is 0 Å². The van der Waals surface area contributed by atoms with Crippen LogP contribution in [0.3, 0.4) is 0 Å². The van der Waals surface area contributed by atoms with Gasteiger partial charge in [-0.2, -0.15) is 0 Å². The molecule has 1 aromatic heterocycles. The monoisotopic (exact) mass is 353 g/mol. The van der Waals surface area contributed by atoms with Gasteiger partial charge in [0.2, 0.25) is 0 Å². The standard InChI is InChI=1S/C21H27N3O2/c1-16(23-7-2-3-8-23)17-5-4-6-18(13-17)19-14-20(22-15-19)21(25)24-9-11-26-12-10-24/h4-6,13-16,22H,2-3,7-12H2,1H3/t16-/m0/s1. The van der Waals surface area contributed by atoms with E-state index in [9.17, 15) is 4.79 Å². The summed E-state index contributed by atoms with van der Waals surface area (Å²) >= 11 is 0. The molecule has 1 aromatic carbocycles. The number of amides is 1. The molecule has 5 nitrogen and oxygen atoms in total. The topological polar surface area (TPSA) is 48.6 Å². The van der Waals surface area contributed by atoms with Crippen molar-refractivity contribution in [3.8, 4) is 11.1 Å². The molecule has 2 aromatic rings. The number of nitrogens with one attached hydrogen (secondary N) is 1. The molecule has 1 atom stereocenters. The van der Waals surface area contributed by atoms with Crippen LogP contribution >= 0.6 is 0 Å². The number of aromatic nitrogens is 1. The predicted molar refractivity (Wildman–Crippen MR) is 102 cm³/mol. The van der Waals surface area contributed by atoms with Crippen molar-refractivity contribution in [2.45, 2.75) is 25.8 Å². The lowest BCUT2D eigenvalue weighted by Crippen LogP contribution is -2.40. The molecule has 2 aliphatic heterocycles. The predicted octanol–water partition coefficient (Wildman–Crippen LogP) is 3.31. The molecule has 1 amide bonds. The largest absolute Gasteiger partial charge is 0.378 e. The molecule has 5 heteroatoms. The zero-order valence-electron chi connectivity index (χ0n) is 15.4. The summed E-state index contributed by atoms with van der Waals surface area (Å²) < 4.78 is 5.33. The number of hydrogen-bond donors (Lipinski definition) is 1. The van der Waals surface area contributed by atoms with E-state index in [-0.39, 0.29) is 5.91 Å². The van der Waals surface area contributed by atoms with E-state index < -0.39 is 0 Å². The number of likely N-dealkylation sites (tertiary alicyclic amines) is 1. The van der Waals surface area contributed by atoms with Gasteiger partial charge in [-0.25, -0.2) is 0 Å². The summed E-state index contributed by atoms with van der Waals surface area (Å²) in [6.07, 6.45) is 4.54. The molecule has 0 bridgehead atoms. The molecule has 0 saturated carbocycles. The number of carbonyl (C=O) groups is 1. The molecule has 2 saturated heterocycles. The Morgan fingerprint density at radius 3 is 2.62 bits per heavy atom. The van der Waals surface area contributed by atoms with Crippen LogP contribution < -0.4 is 0 Å². The maximum atomic E-state index is 12.6. The number of nitrogens with zero attached hydrogens (tertiary/aromatic N) is 2. The molecule has 0 aliphatic carbocycles. The van der Waals surface area contributed by atoms with Gasteiger partial charge in [0.05, 0.1) is 13.2 Å². The first-order chi connectivity index (χ1) is 12.7. The van der Waals surface area contributed by atoms with Crippen molar-refractivity contribution in [3.63, 3.8) is 0 Å². The lowest BCUT2D eigenvalue weighted by atomic mass is 10.0. The number of morpholine rings is 1. The Morgan fingerprint density at radius 2 is 1.85 bits per heavy atom. The van der Waals surface area contributed by atoms with Gasteiger partial charge in [0, 0.05) is 25.3 Å². The van der Waals surface area contributed by atoms with Gasteiger partial charge in [-0.3, -0.25) is 9.69 Å². The van der Waals surface area contributed by atoms with Gasteiger partial charge < -0.3 is 14.6 Å². The van der Waals surface area contributed by atoms with E-state index in [0.717, 1.165) is 11.1 Å². The highest BCUT2D eigenvalue weighted by atomic mass is 16.5. The summed E-state index contributed by atoms with van der Waals surface area (Å²) in [5.41, 5.74) is 4.22. The molecule has 2 aliphatic rings. The lowest BCUT2D eigenvalue weighted by Gasteiger charge is -2.26. The minimum Gasteiger partial charge on any atom is -0.378 e. The Balaban J connectivity index is 1.52. The highest BCUT2D eigenvalue weighted by Gasteiger charge is 2.21. The van der Waals surface area contributed by atoms with Crippen molar-refractivity contribution in [3.05, 3.63) is 47.8 Å². The molecule has 26 heavy (non-hydrogen) atoms. The molecule has 0 radical (unpaired) electrons. The van der Waals surface area contributed by atoms with Crippen molar-refractivity contribution in [2.24, 2.45) is 0 Å². The number of H-pyrrole nitrogens is 1. The summed E-state index contributed by atoms with van der Waals surface area (Å²) in [5.74, 6) is 0.0566. The summed E-state index contributed by atoms with van der Waals surface area (Å²) in [7, 11) is 0. The van der Waals surface area contributed by atoms with Gasteiger partial charge in [-0.15, -0.1) is 0 Å². The number of hydrogen-bond acceptors (Lipinski definition) is 3. The quantitative estimate of drug-likeness (QED) is 0.917. The van der Waals surface area contributed by atoms with E-state index in [2.05, 4.69) is 41.1 Å². The van der Waals surface area contributed by atoms with Gasteiger partial charge in [-0.05, 0) is 61.7 Å². The lowest BCUT2D eigenvalue weighted by molar-refractivity contribution is 0.0299. The second kappa shape index (κ2) is 7.64. The van der Waals surface area contributed by atoms with Crippen LogP contribution in [0.25, 0.3) is 11.1 Å². The Hall–Kier alpha value is -2.11. The van der Waals surface area contributed by atoms with Gasteiger partial charge >= 0.3 is 0 Å². The van der Waals surface area contributed by atoms with Gasteiger partial charge in [0.15, 0.2) is 0 Å². The average Bonchev–Trinajstić information content (AvgIpc) is 3.40. The van der Waals surface area contributed by atoms with Crippen LogP contribution in [0.4, 0.5) is 0 Å². The molecule has 2 fully saturated rings. The van der Waals surface area contributed by atoms with E-state index in [0.29, 0.717) is 38.0 Å².